The summed E-state index contributed by atoms with van der Waals surface area (Å²) in [5, 5.41) is 10.3. The molecule has 2 aromatic heterocycles. The molecule has 0 atom stereocenters. The van der Waals surface area contributed by atoms with Crippen molar-refractivity contribution >= 4 is 23.4 Å². The van der Waals surface area contributed by atoms with E-state index in [0.29, 0.717) is 16.5 Å². The summed E-state index contributed by atoms with van der Waals surface area (Å²) in [7, 11) is 0. The number of nitrogens with zero attached hydrogens (tertiary/aromatic N) is 3. The van der Waals surface area contributed by atoms with Crippen molar-refractivity contribution in [2.45, 2.75) is 10.8 Å². The van der Waals surface area contributed by atoms with Gasteiger partial charge in [0, 0.05) is 18.1 Å². The number of aromatic nitrogens is 2. The van der Waals surface area contributed by atoms with Crippen LogP contribution in [0.25, 0.3) is 0 Å². The molecule has 0 amide bonds. The number of nitriles is 1. The second kappa shape index (κ2) is 5.67. The fraction of sp³-hybridized carbons (Fsp3) is 0.0833. The maximum Gasteiger partial charge on any atom is 0.144 e. The van der Waals surface area contributed by atoms with Crippen molar-refractivity contribution in [3.63, 3.8) is 0 Å². The molecule has 0 fully saturated rings. The molecule has 0 bridgehead atoms. The van der Waals surface area contributed by atoms with E-state index in [1.807, 2.05) is 12.1 Å². The van der Waals surface area contributed by atoms with Crippen LogP contribution in [0.1, 0.15) is 11.3 Å². The van der Waals surface area contributed by atoms with Crippen molar-refractivity contribution in [3.05, 3.63) is 52.9 Å². The summed E-state index contributed by atoms with van der Waals surface area (Å²) in [6.45, 7) is 0. The van der Waals surface area contributed by atoms with Gasteiger partial charge in [-0.15, -0.1) is 11.8 Å². The normalized spacial score (nSPS) is 9.88. The number of thioether (sulfide) groups is 1. The van der Waals surface area contributed by atoms with Gasteiger partial charge in [-0.05, 0) is 23.8 Å². The van der Waals surface area contributed by atoms with Crippen LogP contribution in [0.3, 0.4) is 0 Å². The first-order chi connectivity index (χ1) is 8.31. The first-order valence-electron chi connectivity index (χ1n) is 4.88. The SMILES string of the molecule is N#Cc1ncccc1CSc1ncccc1Cl. The minimum atomic E-state index is 0.451. The molecule has 2 heterocycles. The van der Waals surface area contributed by atoms with E-state index >= 15 is 0 Å². The Balaban J connectivity index is 2.13. The Hall–Kier alpha value is -1.57. The second-order valence-corrected chi connectivity index (χ2v) is 4.57. The van der Waals surface area contributed by atoms with Gasteiger partial charge in [0.05, 0.1) is 5.02 Å². The van der Waals surface area contributed by atoms with E-state index < -0.39 is 0 Å². The van der Waals surface area contributed by atoms with Gasteiger partial charge in [0.15, 0.2) is 0 Å². The van der Waals surface area contributed by atoms with E-state index in [1.54, 1.807) is 24.5 Å². The maximum atomic E-state index is 8.91. The molecular weight excluding hydrogens is 254 g/mol. The molecule has 0 N–H and O–H groups in total. The summed E-state index contributed by atoms with van der Waals surface area (Å²) in [6.07, 6.45) is 3.31. The minimum absolute atomic E-state index is 0.451. The van der Waals surface area contributed by atoms with Crippen LogP contribution in [0.2, 0.25) is 5.02 Å². The highest BCUT2D eigenvalue weighted by atomic mass is 35.5. The van der Waals surface area contributed by atoms with E-state index in [0.717, 1.165) is 10.6 Å². The summed E-state index contributed by atoms with van der Waals surface area (Å²) < 4.78 is 0. The van der Waals surface area contributed by atoms with E-state index in [-0.39, 0.29) is 0 Å². The largest absolute Gasteiger partial charge is 0.248 e. The van der Waals surface area contributed by atoms with Crippen molar-refractivity contribution in [2.24, 2.45) is 0 Å². The zero-order valence-corrected chi connectivity index (χ0v) is 10.4. The van der Waals surface area contributed by atoms with Crippen LogP contribution in [0.15, 0.2) is 41.7 Å². The van der Waals surface area contributed by atoms with Gasteiger partial charge in [-0.1, -0.05) is 17.7 Å². The minimum Gasteiger partial charge on any atom is -0.248 e. The Labute approximate surface area is 108 Å². The lowest BCUT2D eigenvalue weighted by Crippen LogP contribution is -1.91. The number of hydrogen-bond donors (Lipinski definition) is 0. The molecule has 0 aromatic carbocycles. The highest BCUT2D eigenvalue weighted by Gasteiger charge is 2.06. The van der Waals surface area contributed by atoms with Gasteiger partial charge in [-0.25, -0.2) is 9.97 Å². The van der Waals surface area contributed by atoms with Gasteiger partial charge >= 0.3 is 0 Å². The van der Waals surface area contributed by atoms with Crippen LogP contribution in [0.4, 0.5) is 0 Å². The smallest absolute Gasteiger partial charge is 0.144 e. The van der Waals surface area contributed by atoms with Crippen LogP contribution in [0.5, 0.6) is 0 Å². The summed E-state index contributed by atoms with van der Waals surface area (Å²) in [4.78, 5) is 8.18. The Kier molecular flexibility index (Phi) is 3.97. The van der Waals surface area contributed by atoms with Crippen molar-refractivity contribution in [3.8, 4) is 6.07 Å². The third-order valence-electron chi connectivity index (χ3n) is 2.09. The second-order valence-electron chi connectivity index (χ2n) is 3.20. The molecule has 0 saturated carbocycles. The van der Waals surface area contributed by atoms with E-state index in [1.165, 1.54) is 11.8 Å². The molecule has 0 spiro atoms. The lowest BCUT2D eigenvalue weighted by atomic mass is 10.2. The van der Waals surface area contributed by atoms with Gasteiger partial charge in [-0.3, -0.25) is 0 Å². The van der Waals surface area contributed by atoms with E-state index in [9.17, 15) is 0 Å². The fourth-order valence-corrected chi connectivity index (χ4v) is 2.43. The predicted octanol–water partition coefficient (Wildman–Crippen LogP) is 3.29. The summed E-state index contributed by atoms with van der Waals surface area (Å²) in [5.41, 5.74) is 1.34. The average Bonchev–Trinajstić information content (AvgIpc) is 2.38. The average molecular weight is 262 g/mol. The quantitative estimate of drug-likeness (QED) is 0.796. The molecule has 0 unspecified atom stereocenters. The molecule has 17 heavy (non-hydrogen) atoms. The highest BCUT2D eigenvalue weighted by Crippen LogP contribution is 2.27. The summed E-state index contributed by atoms with van der Waals surface area (Å²) >= 11 is 7.50. The lowest BCUT2D eigenvalue weighted by molar-refractivity contribution is 1.13. The molecule has 0 radical (unpaired) electrons. The van der Waals surface area contributed by atoms with Gasteiger partial charge < -0.3 is 0 Å². The highest BCUT2D eigenvalue weighted by molar-refractivity contribution is 7.98. The maximum absolute atomic E-state index is 8.91. The third kappa shape index (κ3) is 2.96. The lowest BCUT2D eigenvalue weighted by Gasteiger charge is -2.03. The number of hydrogen-bond acceptors (Lipinski definition) is 4. The van der Waals surface area contributed by atoms with Crippen LogP contribution in [0, 0.1) is 11.3 Å². The van der Waals surface area contributed by atoms with Gasteiger partial charge in [-0.2, -0.15) is 5.26 Å². The Morgan fingerprint density at radius 3 is 2.76 bits per heavy atom. The summed E-state index contributed by atoms with van der Waals surface area (Å²) in [5.74, 6) is 0.632. The van der Waals surface area contributed by atoms with Gasteiger partial charge in [0.25, 0.3) is 0 Å². The Bertz CT molecular complexity index is 566. The Morgan fingerprint density at radius 2 is 2.00 bits per heavy atom. The van der Waals surface area contributed by atoms with Gasteiger partial charge in [0.2, 0.25) is 0 Å². The molecule has 0 saturated heterocycles. The molecule has 2 rings (SSSR count). The van der Waals surface area contributed by atoms with E-state index in [2.05, 4.69) is 16.0 Å². The standard InChI is InChI=1S/C12H8ClN3S/c13-10-4-2-6-16-12(10)17-8-9-3-1-5-15-11(9)7-14/h1-6H,8H2. The third-order valence-corrected chi connectivity index (χ3v) is 3.56. The Morgan fingerprint density at radius 1 is 1.24 bits per heavy atom. The van der Waals surface area contributed by atoms with Crippen LogP contribution < -0.4 is 0 Å². The first-order valence-corrected chi connectivity index (χ1v) is 6.25. The fourth-order valence-electron chi connectivity index (χ4n) is 1.28. The molecule has 84 valence electrons. The van der Waals surface area contributed by atoms with Crippen molar-refractivity contribution in [1.29, 1.82) is 5.26 Å². The first kappa shape index (κ1) is 11.9. The molecule has 2 aromatic rings. The molecule has 0 aliphatic rings. The van der Waals surface area contributed by atoms with Crippen molar-refractivity contribution < 1.29 is 0 Å². The number of rotatable bonds is 3. The van der Waals surface area contributed by atoms with Crippen LogP contribution in [-0.4, -0.2) is 9.97 Å². The molecule has 0 aliphatic carbocycles. The molecule has 0 aliphatic heterocycles. The van der Waals surface area contributed by atoms with Crippen LogP contribution >= 0.6 is 23.4 Å². The topological polar surface area (TPSA) is 49.6 Å². The van der Waals surface area contributed by atoms with Crippen molar-refractivity contribution in [1.82, 2.24) is 9.97 Å². The van der Waals surface area contributed by atoms with Crippen LogP contribution in [-0.2, 0) is 5.75 Å². The van der Waals surface area contributed by atoms with Gasteiger partial charge in [0.1, 0.15) is 16.8 Å². The number of pyridine rings is 2. The number of halogens is 1. The van der Waals surface area contributed by atoms with Crippen molar-refractivity contribution in [2.75, 3.05) is 0 Å². The van der Waals surface area contributed by atoms with E-state index in [4.69, 9.17) is 16.9 Å². The molecule has 5 heteroatoms. The zero-order valence-electron chi connectivity index (χ0n) is 8.80. The molecular formula is C12H8ClN3S. The summed E-state index contributed by atoms with van der Waals surface area (Å²) in [6, 6.07) is 9.35. The molecule has 3 nitrogen and oxygen atoms in total. The predicted molar refractivity (Wildman–Crippen MR) is 67.8 cm³/mol. The zero-order chi connectivity index (χ0) is 12.1. The monoisotopic (exact) mass is 261 g/mol.